The van der Waals surface area contributed by atoms with Crippen molar-refractivity contribution < 1.29 is 4.79 Å². The average molecular weight is 387 g/mol. The molecule has 1 aromatic heterocycles. The van der Waals surface area contributed by atoms with Gasteiger partial charge in [0.05, 0.1) is 6.20 Å². The second-order valence-corrected chi connectivity index (χ2v) is 8.48. The predicted octanol–water partition coefficient (Wildman–Crippen LogP) is 2.78. The van der Waals surface area contributed by atoms with Crippen molar-refractivity contribution in [3.05, 3.63) is 6.20 Å². The smallest absolute Gasteiger partial charge is 0.249 e. The summed E-state index contributed by atoms with van der Waals surface area (Å²) in [7, 11) is 1.85. The molecule has 2 aliphatic heterocycles. The van der Waals surface area contributed by atoms with E-state index in [2.05, 4.69) is 27.4 Å². The van der Waals surface area contributed by atoms with Crippen LogP contribution < -0.4 is 20.4 Å². The molecule has 4 rings (SSSR count). The number of carbonyl (C=O) groups excluding carboxylic acids is 1. The number of anilines is 3. The lowest BCUT2D eigenvalue weighted by atomic mass is 9.95. The summed E-state index contributed by atoms with van der Waals surface area (Å²) >= 11 is 0. The molecule has 1 saturated heterocycles. The first-order valence-corrected chi connectivity index (χ1v) is 11.1. The number of hydrogen-bond acceptors (Lipinski definition) is 6. The highest BCUT2D eigenvalue weighted by Crippen LogP contribution is 2.39. The number of carbonyl (C=O) groups is 1. The Kier molecular flexibility index (Phi) is 5.99. The van der Waals surface area contributed by atoms with Crippen LogP contribution in [0, 0.1) is 5.92 Å². The van der Waals surface area contributed by atoms with Gasteiger partial charge in [-0.2, -0.15) is 4.98 Å². The summed E-state index contributed by atoms with van der Waals surface area (Å²) in [6, 6.07) is 0.303. The van der Waals surface area contributed by atoms with Crippen molar-refractivity contribution >= 4 is 23.4 Å². The third-order valence-corrected chi connectivity index (χ3v) is 6.71. The predicted molar refractivity (Wildman–Crippen MR) is 113 cm³/mol. The second-order valence-electron chi connectivity index (χ2n) is 8.48. The third kappa shape index (κ3) is 3.81. The number of amides is 1. The van der Waals surface area contributed by atoms with Gasteiger partial charge in [-0.05, 0) is 57.5 Å². The average Bonchev–Trinajstić information content (AvgIpc) is 3.25. The summed E-state index contributed by atoms with van der Waals surface area (Å²) in [5.74, 6) is 2.57. The lowest BCUT2D eigenvalue weighted by Gasteiger charge is -2.43. The zero-order chi connectivity index (χ0) is 19.5. The van der Waals surface area contributed by atoms with Crippen LogP contribution in [-0.2, 0) is 4.79 Å². The Morgan fingerprint density at radius 3 is 2.68 bits per heavy atom. The van der Waals surface area contributed by atoms with Gasteiger partial charge < -0.3 is 20.4 Å². The quantitative estimate of drug-likeness (QED) is 0.783. The SMILES string of the molecule is CC[C@@H]1C(=O)N(C)c2cnc(NCCC3CCNCC3)nc2N1C1CCCC1. The third-order valence-electron chi connectivity index (χ3n) is 6.71. The molecule has 0 aromatic carbocycles. The zero-order valence-corrected chi connectivity index (χ0v) is 17.3. The first kappa shape index (κ1) is 19.4. The number of likely N-dealkylation sites (N-methyl/N-ethyl adjacent to an activating group) is 1. The van der Waals surface area contributed by atoms with Crippen LogP contribution in [0.15, 0.2) is 6.20 Å². The minimum absolute atomic E-state index is 0.113. The van der Waals surface area contributed by atoms with Crippen LogP contribution in [0.3, 0.4) is 0 Å². The molecule has 1 aliphatic carbocycles. The lowest BCUT2D eigenvalue weighted by molar-refractivity contribution is -0.120. The first-order chi connectivity index (χ1) is 13.7. The van der Waals surface area contributed by atoms with Crippen LogP contribution in [0.2, 0.25) is 0 Å². The van der Waals surface area contributed by atoms with Gasteiger partial charge in [0.25, 0.3) is 0 Å². The highest BCUT2D eigenvalue weighted by molar-refractivity contribution is 6.04. The van der Waals surface area contributed by atoms with Crippen molar-refractivity contribution in [1.82, 2.24) is 15.3 Å². The summed E-state index contributed by atoms with van der Waals surface area (Å²) in [6.07, 6.45) is 11.1. The van der Waals surface area contributed by atoms with Crippen molar-refractivity contribution in [2.45, 2.75) is 70.4 Å². The molecule has 1 amide bonds. The molecular formula is C21H34N6O. The van der Waals surface area contributed by atoms with Crippen LogP contribution in [0.1, 0.15) is 58.3 Å². The molecule has 1 saturated carbocycles. The summed E-state index contributed by atoms with van der Waals surface area (Å²) in [4.78, 5) is 26.4. The molecule has 0 radical (unpaired) electrons. The molecule has 2 fully saturated rings. The van der Waals surface area contributed by atoms with Gasteiger partial charge in [-0.1, -0.05) is 19.8 Å². The number of aromatic nitrogens is 2. The van der Waals surface area contributed by atoms with Crippen molar-refractivity contribution in [2.75, 3.05) is 41.8 Å². The Bertz CT molecular complexity index is 683. The van der Waals surface area contributed by atoms with Gasteiger partial charge in [-0.25, -0.2) is 4.98 Å². The molecule has 7 heteroatoms. The van der Waals surface area contributed by atoms with E-state index in [1.165, 1.54) is 25.7 Å². The maximum atomic E-state index is 12.9. The maximum Gasteiger partial charge on any atom is 0.249 e. The molecule has 0 bridgehead atoms. The standard InChI is InChI=1S/C21H34N6O/c1-3-17-20(28)26(2)18-14-24-21(23-13-10-15-8-11-22-12-9-15)25-19(18)27(17)16-6-4-5-7-16/h14-17,22H,3-13H2,1-2H3,(H,23,24,25)/t17-/m1/s1. The number of fused-ring (bicyclic) bond motifs is 1. The van der Waals surface area contributed by atoms with Crippen molar-refractivity contribution in [1.29, 1.82) is 0 Å². The number of nitrogens with one attached hydrogen (secondary N) is 2. The van der Waals surface area contributed by atoms with Crippen molar-refractivity contribution in [3.63, 3.8) is 0 Å². The van der Waals surface area contributed by atoms with Gasteiger partial charge >= 0.3 is 0 Å². The first-order valence-electron chi connectivity index (χ1n) is 11.1. The number of hydrogen-bond donors (Lipinski definition) is 2. The number of nitrogens with zero attached hydrogens (tertiary/aromatic N) is 4. The van der Waals surface area contributed by atoms with Crippen LogP contribution >= 0.6 is 0 Å². The molecule has 0 unspecified atom stereocenters. The fourth-order valence-electron chi connectivity index (χ4n) is 5.03. The molecule has 1 atom stereocenters. The van der Waals surface area contributed by atoms with E-state index in [4.69, 9.17) is 4.98 Å². The number of rotatable bonds is 6. The topological polar surface area (TPSA) is 73.4 Å². The summed E-state index contributed by atoms with van der Waals surface area (Å²) in [5.41, 5.74) is 0.838. The minimum Gasteiger partial charge on any atom is -0.354 e. The van der Waals surface area contributed by atoms with Gasteiger partial charge in [0, 0.05) is 19.6 Å². The molecule has 2 N–H and O–H groups in total. The Labute approximate surface area is 168 Å². The van der Waals surface area contributed by atoms with E-state index >= 15 is 0 Å². The molecule has 0 spiro atoms. The fourth-order valence-corrected chi connectivity index (χ4v) is 5.03. The van der Waals surface area contributed by atoms with E-state index < -0.39 is 0 Å². The molecular weight excluding hydrogens is 352 g/mol. The molecule has 1 aromatic rings. The molecule has 28 heavy (non-hydrogen) atoms. The summed E-state index contributed by atoms with van der Waals surface area (Å²) in [6.45, 7) is 5.27. The van der Waals surface area contributed by atoms with Crippen molar-refractivity contribution in [2.24, 2.45) is 5.92 Å². The van der Waals surface area contributed by atoms with E-state index in [0.717, 1.165) is 62.7 Å². The molecule has 3 aliphatic rings. The highest BCUT2D eigenvalue weighted by Gasteiger charge is 2.41. The van der Waals surface area contributed by atoms with Gasteiger partial charge in [-0.3, -0.25) is 4.79 Å². The fraction of sp³-hybridized carbons (Fsp3) is 0.762. The highest BCUT2D eigenvalue weighted by atomic mass is 16.2. The minimum atomic E-state index is -0.113. The monoisotopic (exact) mass is 386 g/mol. The Hall–Kier alpha value is -1.89. The van der Waals surface area contributed by atoms with Gasteiger partial charge in [0.1, 0.15) is 11.7 Å². The Morgan fingerprint density at radius 2 is 1.96 bits per heavy atom. The Balaban J connectivity index is 1.52. The van der Waals surface area contributed by atoms with Crippen LogP contribution in [0.5, 0.6) is 0 Å². The van der Waals surface area contributed by atoms with E-state index in [-0.39, 0.29) is 11.9 Å². The van der Waals surface area contributed by atoms with Gasteiger partial charge in [0.15, 0.2) is 5.82 Å². The second kappa shape index (κ2) is 8.64. The van der Waals surface area contributed by atoms with Crippen molar-refractivity contribution in [3.8, 4) is 0 Å². The Morgan fingerprint density at radius 1 is 1.21 bits per heavy atom. The molecule has 7 nitrogen and oxygen atoms in total. The van der Waals surface area contributed by atoms with Gasteiger partial charge in [0.2, 0.25) is 11.9 Å². The largest absolute Gasteiger partial charge is 0.354 e. The van der Waals surface area contributed by atoms with Crippen LogP contribution in [0.4, 0.5) is 17.5 Å². The molecule has 3 heterocycles. The van der Waals surface area contributed by atoms with E-state index in [1.54, 1.807) is 4.90 Å². The normalized spacial score (nSPS) is 23.9. The van der Waals surface area contributed by atoms with E-state index in [1.807, 2.05) is 13.2 Å². The van der Waals surface area contributed by atoms with Crippen LogP contribution in [0.25, 0.3) is 0 Å². The number of piperidine rings is 1. The van der Waals surface area contributed by atoms with E-state index in [0.29, 0.717) is 12.0 Å². The zero-order valence-electron chi connectivity index (χ0n) is 17.3. The summed E-state index contributed by atoms with van der Waals surface area (Å²) in [5, 5.41) is 6.86. The van der Waals surface area contributed by atoms with Gasteiger partial charge in [-0.15, -0.1) is 0 Å². The molecule has 154 valence electrons. The van der Waals surface area contributed by atoms with E-state index in [9.17, 15) is 4.79 Å². The lowest BCUT2D eigenvalue weighted by Crippen LogP contribution is -2.55. The maximum absolute atomic E-state index is 12.9. The summed E-state index contributed by atoms with van der Waals surface area (Å²) < 4.78 is 0. The van der Waals surface area contributed by atoms with Crippen LogP contribution in [-0.4, -0.2) is 54.6 Å².